The fourth-order valence-electron chi connectivity index (χ4n) is 3.63. The van der Waals surface area contributed by atoms with Crippen LogP contribution in [0.25, 0.3) is 22.6 Å². The van der Waals surface area contributed by atoms with Crippen LogP contribution in [0, 0.1) is 11.2 Å². The summed E-state index contributed by atoms with van der Waals surface area (Å²) in [6, 6.07) is 7.66. The maximum absolute atomic E-state index is 13.6. The van der Waals surface area contributed by atoms with Crippen molar-refractivity contribution in [2.24, 2.45) is 11.1 Å². The van der Waals surface area contributed by atoms with E-state index in [4.69, 9.17) is 20.2 Å². The summed E-state index contributed by atoms with van der Waals surface area (Å²) in [5.41, 5.74) is 7.10. The van der Waals surface area contributed by atoms with Crippen molar-refractivity contribution >= 4 is 17.8 Å². The van der Waals surface area contributed by atoms with Crippen molar-refractivity contribution in [1.82, 2.24) is 25.3 Å². The topological polar surface area (TPSA) is 157 Å². The van der Waals surface area contributed by atoms with Crippen molar-refractivity contribution in [2.75, 3.05) is 31.6 Å². The number of nitrogens with zero attached hydrogens (tertiary/aromatic N) is 3. The SMILES string of the molecule is CC(=O)NCC1(C)COC(c2nc(-c3ccc(F)cc3)c(-c3ccnc(NCCC(N)=O)n3)[nH]2)OC1. The Kier molecular flexibility index (Phi) is 7.55. The quantitative estimate of drug-likeness (QED) is 0.350. The van der Waals surface area contributed by atoms with E-state index in [0.717, 1.165) is 0 Å². The van der Waals surface area contributed by atoms with Gasteiger partial charge in [-0.15, -0.1) is 0 Å². The molecular weight excluding hydrogens is 469 g/mol. The molecule has 0 bridgehead atoms. The van der Waals surface area contributed by atoms with E-state index < -0.39 is 12.2 Å². The van der Waals surface area contributed by atoms with E-state index in [9.17, 15) is 14.0 Å². The van der Waals surface area contributed by atoms with Gasteiger partial charge in [0.1, 0.15) is 5.82 Å². The van der Waals surface area contributed by atoms with Gasteiger partial charge in [-0.1, -0.05) is 6.92 Å². The fourth-order valence-corrected chi connectivity index (χ4v) is 3.63. The lowest BCUT2D eigenvalue weighted by Gasteiger charge is -2.36. The first-order valence-electron chi connectivity index (χ1n) is 11.4. The summed E-state index contributed by atoms with van der Waals surface area (Å²) in [5.74, 6) is -0.180. The number of rotatable bonds is 9. The molecule has 5 N–H and O–H groups in total. The lowest BCUT2D eigenvalue weighted by molar-refractivity contribution is -0.232. The van der Waals surface area contributed by atoms with E-state index in [0.29, 0.717) is 60.7 Å². The summed E-state index contributed by atoms with van der Waals surface area (Å²) in [4.78, 5) is 39.0. The van der Waals surface area contributed by atoms with Crippen LogP contribution in [0.4, 0.5) is 10.3 Å². The fraction of sp³-hybridized carbons (Fsp3) is 0.375. The van der Waals surface area contributed by atoms with Gasteiger partial charge in [0.05, 0.1) is 30.3 Å². The molecule has 2 amide bonds. The van der Waals surface area contributed by atoms with Crippen LogP contribution >= 0.6 is 0 Å². The molecule has 2 aromatic heterocycles. The zero-order valence-corrected chi connectivity index (χ0v) is 20.0. The Labute approximate surface area is 207 Å². The van der Waals surface area contributed by atoms with Crippen LogP contribution in [-0.4, -0.2) is 58.1 Å². The van der Waals surface area contributed by atoms with Gasteiger partial charge in [0, 0.05) is 43.6 Å². The van der Waals surface area contributed by atoms with Crippen LogP contribution in [0.2, 0.25) is 0 Å². The number of carbonyl (C=O) groups excluding carboxylic acids is 2. The van der Waals surface area contributed by atoms with E-state index in [1.165, 1.54) is 19.1 Å². The summed E-state index contributed by atoms with van der Waals surface area (Å²) >= 11 is 0. The number of primary amides is 1. The number of nitrogens with one attached hydrogen (secondary N) is 3. The second kappa shape index (κ2) is 10.8. The summed E-state index contributed by atoms with van der Waals surface area (Å²) in [6.07, 6.45) is 0.948. The Bertz CT molecular complexity index is 1220. The number of benzene rings is 1. The van der Waals surface area contributed by atoms with E-state index in [-0.39, 0.29) is 23.6 Å². The van der Waals surface area contributed by atoms with Crippen molar-refractivity contribution in [3.63, 3.8) is 0 Å². The molecule has 1 aliphatic heterocycles. The molecule has 11 nitrogen and oxygen atoms in total. The van der Waals surface area contributed by atoms with Crippen LogP contribution in [0.3, 0.4) is 0 Å². The minimum absolute atomic E-state index is 0.119. The average Bonchev–Trinajstić information content (AvgIpc) is 3.29. The maximum atomic E-state index is 13.6. The second-order valence-electron chi connectivity index (χ2n) is 8.94. The Balaban J connectivity index is 1.61. The standard InChI is InChI=1S/C24H28FN7O4/c1-14(33)29-11-24(2)12-35-22(36-13-24)21-31-19(15-3-5-16(25)6-4-15)20(32-21)17-7-9-27-23(30-17)28-10-8-18(26)34/h3-7,9,22H,8,10-13H2,1-2H3,(H2,26,34)(H,29,33)(H,31,32)(H,27,28,30). The molecule has 3 aromatic rings. The van der Waals surface area contributed by atoms with Crippen LogP contribution in [0.15, 0.2) is 36.5 Å². The molecule has 0 radical (unpaired) electrons. The van der Waals surface area contributed by atoms with Gasteiger partial charge < -0.3 is 30.8 Å². The van der Waals surface area contributed by atoms with Crippen molar-refractivity contribution < 1.29 is 23.5 Å². The normalized spacial score (nSPS) is 19.6. The molecule has 1 aliphatic rings. The Morgan fingerprint density at radius 1 is 1.19 bits per heavy atom. The predicted molar refractivity (Wildman–Crippen MR) is 129 cm³/mol. The number of aromatic amines is 1. The van der Waals surface area contributed by atoms with Crippen molar-refractivity contribution in [3.05, 3.63) is 48.2 Å². The highest BCUT2D eigenvalue weighted by Crippen LogP contribution is 2.35. The number of imidazole rings is 1. The number of anilines is 1. The van der Waals surface area contributed by atoms with Gasteiger partial charge >= 0.3 is 0 Å². The van der Waals surface area contributed by atoms with Crippen LogP contribution in [-0.2, 0) is 19.1 Å². The van der Waals surface area contributed by atoms with E-state index in [1.54, 1.807) is 24.4 Å². The van der Waals surface area contributed by atoms with Gasteiger partial charge in [-0.25, -0.2) is 19.3 Å². The van der Waals surface area contributed by atoms with Crippen molar-refractivity contribution in [2.45, 2.75) is 26.6 Å². The molecule has 1 saturated heterocycles. The summed E-state index contributed by atoms with van der Waals surface area (Å²) < 4.78 is 25.5. The number of aromatic nitrogens is 4. The molecule has 36 heavy (non-hydrogen) atoms. The molecule has 0 unspecified atom stereocenters. The molecule has 0 aliphatic carbocycles. The number of halogens is 1. The zero-order valence-electron chi connectivity index (χ0n) is 20.0. The van der Waals surface area contributed by atoms with E-state index in [2.05, 4.69) is 25.6 Å². The number of carbonyl (C=O) groups is 2. The first-order valence-corrected chi connectivity index (χ1v) is 11.4. The molecule has 190 valence electrons. The van der Waals surface area contributed by atoms with Gasteiger partial charge in [0.25, 0.3) is 0 Å². The smallest absolute Gasteiger partial charge is 0.223 e. The highest BCUT2D eigenvalue weighted by atomic mass is 19.1. The Hall–Kier alpha value is -3.90. The molecule has 4 rings (SSSR count). The number of hydrogen-bond donors (Lipinski definition) is 4. The van der Waals surface area contributed by atoms with Crippen LogP contribution in [0.5, 0.6) is 0 Å². The molecule has 0 atom stereocenters. The largest absolute Gasteiger partial charge is 0.370 e. The van der Waals surface area contributed by atoms with Crippen LogP contribution in [0.1, 0.15) is 32.4 Å². The number of nitrogens with two attached hydrogens (primary N) is 1. The van der Waals surface area contributed by atoms with E-state index >= 15 is 0 Å². The molecule has 3 heterocycles. The van der Waals surface area contributed by atoms with Gasteiger partial charge in [0.15, 0.2) is 5.82 Å². The van der Waals surface area contributed by atoms with Crippen LogP contribution < -0.4 is 16.4 Å². The lowest BCUT2D eigenvalue weighted by Crippen LogP contribution is -2.45. The Morgan fingerprint density at radius 3 is 2.58 bits per heavy atom. The molecule has 0 spiro atoms. The first kappa shape index (κ1) is 25.2. The Morgan fingerprint density at radius 2 is 1.92 bits per heavy atom. The van der Waals surface area contributed by atoms with Crippen molar-refractivity contribution in [1.29, 1.82) is 0 Å². The lowest BCUT2D eigenvalue weighted by atomic mass is 9.92. The molecule has 1 fully saturated rings. The highest BCUT2D eigenvalue weighted by molar-refractivity contribution is 5.77. The van der Waals surface area contributed by atoms with Crippen molar-refractivity contribution in [3.8, 4) is 22.6 Å². The summed E-state index contributed by atoms with van der Waals surface area (Å²) in [6.45, 7) is 4.83. The number of amides is 2. The van der Waals surface area contributed by atoms with Gasteiger partial charge in [-0.3, -0.25) is 9.59 Å². The average molecular weight is 498 g/mol. The van der Waals surface area contributed by atoms with Gasteiger partial charge in [0.2, 0.25) is 24.1 Å². The van der Waals surface area contributed by atoms with Gasteiger partial charge in [-0.05, 0) is 30.3 Å². The molecule has 0 saturated carbocycles. The number of ether oxygens (including phenoxy) is 2. The summed E-state index contributed by atoms with van der Waals surface area (Å²) in [5, 5.41) is 5.76. The zero-order chi connectivity index (χ0) is 25.7. The minimum atomic E-state index is -0.765. The van der Waals surface area contributed by atoms with E-state index in [1.807, 2.05) is 6.92 Å². The number of hydrogen-bond acceptors (Lipinski definition) is 8. The predicted octanol–water partition coefficient (Wildman–Crippen LogP) is 2.15. The third-order valence-electron chi connectivity index (χ3n) is 5.56. The second-order valence-corrected chi connectivity index (χ2v) is 8.94. The molecular formula is C24H28FN7O4. The number of H-pyrrole nitrogens is 1. The molecule has 1 aromatic carbocycles. The van der Waals surface area contributed by atoms with Gasteiger partial charge in [-0.2, -0.15) is 0 Å². The molecule has 12 heteroatoms. The monoisotopic (exact) mass is 497 g/mol. The third kappa shape index (κ3) is 6.20. The summed E-state index contributed by atoms with van der Waals surface area (Å²) in [7, 11) is 0. The maximum Gasteiger partial charge on any atom is 0.223 e. The first-order chi connectivity index (χ1) is 17.2. The third-order valence-corrected chi connectivity index (χ3v) is 5.56. The highest BCUT2D eigenvalue weighted by Gasteiger charge is 2.35. The minimum Gasteiger partial charge on any atom is -0.370 e.